The van der Waals surface area contributed by atoms with E-state index in [0.717, 1.165) is 37.1 Å². The molecule has 0 unspecified atom stereocenters. The van der Waals surface area contributed by atoms with Crippen LogP contribution in [0.4, 0.5) is 5.69 Å². The van der Waals surface area contributed by atoms with E-state index in [-0.39, 0.29) is 35.4 Å². The zero-order chi connectivity index (χ0) is 25.0. The van der Waals surface area contributed by atoms with Gasteiger partial charge in [0.25, 0.3) is 0 Å². The second kappa shape index (κ2) is 11.1. The quantitative estimate of drug-likeness (QED) is 0.596. The van der Waals surface area contributed by atoms with Crippen molar-refractivity contribution >= 4 is 29.1 Å². The first-order chi connectivity index (χ1) is 16.8. The zero-order valence-electron chi connectivity index (χ0n) is 21.0. The van der Waals surface area contributed by atoms with Crippen LogP contribution in [0.1, 0.15) is 51.6 Å². The summed E-state index contributed by atoms with van der Waals surface area (Å²) in [4.78, 5) is 30.6. The van der Waals surface area contributed by atoms with Crippen LogP contribution in [0.25, 0.3) is 0 Å². The van der Waals surface area contributed by atoms with Crippen molar-refractivity contribution in [3.63, 3.8) is 0 Å². The number of anilines is 1. The standard InChI is InChI=1S/C28H37ClN4O2/c1-4-10-24(20-11-6-5-7-12-20)31-27(35)21-15-22(17-30-16-21)33-18-26(34)32(19-28(33,2)3)25-14-9-8-13-23(25)29/h5-9,11-14,21-22,24,30H,4,10,15-19H2,1-3H3,(H,31,35)/t21-,22+,24+/m0/s1. The number of benzene rings is 2. The molecule has 2 amide bonds. The van der Waals surface area contributed by atoms with E-state index < -0.39 is 0 Å². The summed E-state index contributed by atoms with van der Waals surface area (Å²) < 4.78 is 0. The number of amides is 2. The lowest BCUT2D eigenvalue weighted by Gasteiger charge is -2.51. The highest BCUT2D eigenvalue weighted by Gasteiger charge is 2.44. The number of rotatable bonds is 7. The third-order valence-electron chi connectivity index (χ3n) is 7.31. The molecule has 6 nitrogen and oxygen atoms in total. The number of piperazine rings is 1. The average molecular weight is 497 g/mol. The molecule has 2 heterocycles. The Kier molecular flexibility index (Phi) is 8.15. The summed E-state index contributed by atoms with van der Waals surface area (Å²) in [6, 6.07) is 17.8. The minimum absolute atomic E-state index is 0.0197. The van der Waals surface area contributed by atoms with E-state index in [4.69, 9.17) is 11.6 Å². The van der Waals surface area contributed by atoms with Gasteiger partial charge in [-0.2, -0.15) is 0 Å². The molecule has 3 atom stereocenters. The van der Waals surface area contributed by atoms with Gasteiger partial charge in [0.05, 0.1) is 29.2 Å². The lowest BCUT2D eigenvalue weighted by molar-refractivity contribution is -0.129. The fraction of sp³-hybridized carbons (Fsp3) is 0.500. The van der Waals surface area contributed by atoms with Crippen LogP contribution in [-0.2, 0) is 9.59 Å². The number of nitrogens with zero attached hydrogens (tertiary/aromatic N) is 2. The summed E-state index contributed by atoms with van der Waals surface area (Å²) in [6.07, 6.45) is 2.64. The van der Waals surface area contributed by atoms with E-state index in [9.17, 15) is 9.59 Å². The number of para-hydroxylation sites is 1. The van der Waals surface area contributed by atoms with Crippen LogP contribution in [-0.4, -0.2) is 54.5 Å². The van der Waals surface area contributed by atoms with Gasteiger partial charge in [-0.1, -0.05) is 67.4 Å². The first-order valence-electron chi connectivity index (χ1n) is 12.7. The molecule has 188 valence electrons. The molecule has 2 N–H and O–H groups in total. The molecule has 2 saturated heterocycles. The van der Waals surface area contributed by atoms with Crippen LogP contribution in [0, 0.1) is 5.92 Å². The second-order valence-corrected chi connectivity index (χ2v) is 10.8. The lowest BCUT2D eigenvalue weighted by atomic mass is 9.88. The predicted molar refractivity (Wildman–Crippen MR) is 142 cm³/mol. The minimum Gasteiger partial charge on any atom is -0.349 e. The Morgan fingerprint density at radius 1 is 1.14 bits per heavy atom. The Morgan fingerprint density at radius 2 is 1.86 bits per heavy atom. The Labute approximate surface area is 214 Å². The van der Waals surface area contributed by atoms with Crippen molar-refractivity contribution in [2.45, 2.75) is 57.7 Å². The van der Waals surface area contributed by atoms with Gasteiger partial charge in [-0.15, -0.1) is 0 Å². The van der Waals surface area contributed by atoms with E-state index in [2.05, 4.69) is 48.4 Å². The Morgan fingerprint density at radius 3 is 2.57 bits per heavy atom. The molecule has 4 rings (SSSR count). The van der Waals surface area contributed by atoms with Crippen molar-refractivity contribution in [1.82, 2.24) is 15.5 Å². The highest BCUT2D eigenvalue weighted by molar-refractivity contribution is 6.33. The SMILES string of the molecule is CCC[C@@H](NC(=O)[C@@H]1CNC[C@H](N2CC(=O)N(c3ccccc3Cl)CC2(C)C)C1)c1ccccc1. The normalized spacial score (nSPS) is 23.7. The van der Waals surface area contributed by atoms with E-state index >= 15 is 0 Å². The molecule has 2 aromatic rings. The van der Waals surface area contributed by atoms with Gasteiger partial charge in [0, 0.05) is 31.2 Å². The number of hydrogen-bond acceptors (Lipinski definition) is 4. The molecule has 2 fully saturated rings. The van der Waals surface area contributed by atoms with Crippen molar-refractivity contribution in [3.05, 3.63) is 65.2 Å². The number of carbonyl (C=O) groups is 2. The van der Waals surface area contributed by atoms with Gasteiger partial charge < -0.3 is 15.5 Å². The lowest BCUT2D eigenvalue weighted by Crippen LogP contribution is -2.67. The number of hydrogen-bond donors (Lipinski definition) is 2. The molecule has 2 aliphatic rings. The maximum Gasteiger partial charge on any atom is 0.241 e. The number of carbonyl (C=O) groups excluding carboxylic acids is 2. The monoisotopic (exact) mass is 496 g/mol. The Balaban J connectivity index is 1.44. The molecule has 0 radical (unpaired) electrons. The van der Waals surface area contributed by atoms with Gasteiger partial charge >= 0.3 is 0 Å². The summed E-state index contributed by atoms with van der Waals surface area (Å²) in [7, 11) is 0. The number of halogens is 1. The van der Waals surface area contributed by atoms with E-state index in [1.54, 1.807) is 4.90 Å². The molecular formula is C28H37ClN4O2. The first-order valence-corrected chi connectivity index (χ1v) is 13.1. The molecular weight excluding hydrogens is 460 g/mol. The van der Waals surface area contributed by atoms with Gasteiger partial charge in [0.15, 0.2) is 0 Å². The van der Waals surface area contributed by atoms with Crippen LogP contribution in [0.3, 0.4) is 0 Å². The van der Waals surface area contributed by atoms with E-state index in [0.29, 0.717) is 24.7 Å². The number of piperidine rings is 1. The van der Waals surface area contributed by atoms with Crippen LogP contribution in [0.2, 0.25) is 5.02 Å². The molecule has 0 saturated carbocycles. The predicted octanol–water partition coefficient (Wildman–Crippen LogP) is 4.40. The summed E-state index contributed by atoms with van der Waals surface area (Å²) in [6.45, 7) is 8.76. The van der Waals surface area contributed by atoms with Crippen molar-refractivity contribution < 1.29 is 9.59 Å². The third-order valence-corrected chi connectivity index (χ3v) is 7.63. The highest BCUT2D eigenvalue weighted by atomic mass is 35.5. The topological polar surface area (TPSA) is 64.7 Å². The van der Waals surface area contributed by atoms with Crippen molar-refractivity contribution in [1.29, 1.82) is 0 Å². The van der Waals surface area contributed by atoms with Crippen molar-refractivity contribution in [2.24, 2.45) is 5.92 Å². The highest BCUT2D eigenvalue weighted by Crippen LogP contribution is 2.34. The molecule has 35 heavy (non-hydrogen) atoms. The first kappa shape index (κ1) is 25.7. The second-order valence-electron chi connectivity index (χ2n) is 10.4. The summed E-state index contributed by atoms with van der Waals surface area (Å²) in [5.41, 5.74) is 1.64. The number of nitrogens with one attached hydrogen (secondary N) is 2. The largest absolute Gasteiger partial charge is 0.349 e. The van der Waals surface area contributed by atoms with Gasteiger partial charge in [-0.05, 0) is 44.4 Å². The summed E-state index contributed by atoms with van der Waals surface area (Å²) in [5, 5.41) is 7.35. The summed E-state index contributed by atoms with van der Waals surface area (Å²) in [5.74, 6) is -0.0104. The fourth-order valence-electron chi connectivity index (χ4n) is 5.47. The smallest absolute Gasteiger partial charge is 0.241 e. The molecule has 2 aliphatic heterocycles. The summed E-state index contributed by atoms with van der Waals surface area (Å²) >= 11 is 6.40. The van der Waals surface area contributed by atoms with Crippen LogP contribution in [0.15, 0.2) is 54.6 Å². The molecule has 2 aromatic carbocycles. The van der Waals surface area contributed by atoms with Gasteiger partial charge in [0.2, 0.25) is 11.8 Å². The Bertz CT molecular complexity index is 1030. The maximum absolute atomic E-state index is 13.3. The molecule has 0 aliphatic carbocycles. The van der Waals surface area contributed by atoms with Crippen LogP contribution >= 0.6 is 11.6 Å². The minimum atomic E-state index is -0.257. The van der Waals surface area contributed by atoms with E-state index in [1.807, 2.05) is 42.5 Å². The van der Waals surface area contributed by atoms with Gasteiger partial charge in [-0.25, -0.2) is 0 Å². The molecule has 0 spiro atoms. The van der Waals surface area contributed by atoms with E-state index in [1.165, 1.54) is 0 Å². The maximum atomic E-state index is 13.3. The molecule has 7 heteroatoms. The van der Waals surface area contributed by atoms with Gasteiger partial charge in [0.1, 0.15) is 0 Å². The third kappa shape index (κ3) is 5.88. The fourth-order valence-corrected chi connectivity index (χ4v) is 5.70. The van der Waals surface area contributed by atoms with Crippen molar-refractivity contribution in [2.75, 3.05) is 31.1 Å². The van der Waals surface area contributed by atoms with Crippen LogP contribution < -0.4 is 15.5 Å². The van der Waals surface area contributed by atoms with Gasteiger partial charge in [-0.3, -0.25) is 14.5 Å². The Hall–Kier alpha value is -2.41. The average Bonchev–Trinajstić information content (AvgIpc) is 2.86. The van der Waals surface area contributed by atoms with Crippen LogP contribution in [0.5, 0.6) is 0 Å². The zero-order valence-corrected chi connectivity index (χ0v) is 21.7. The molecule has 0 bridgehead atoms. The van der Waals surface area contributed by atoms with Crippen molar-refractivity contribution in [3.8, 4) is 0 Å². The molecule has 0 aromatic heterocycles.